The van der Waals surface area contributed by atoms with E-state index < -0.39 is 18.1 Å². The molecule has 186 valence electrons. The molecule has 1 aliphatic carbocycles. The van der Waals surface area contributed by atoms with Crippen molar-refractivity contribution in [3.05, 3.63) is 72.3 Å². The van der Waals surface area contributed by atoms with Gasteiger partial charge in [-0.05, 0) is 53.9 Å². The van der Waals surface area contributed by atoms with Crippen molar-refractivity contribution in [2.45, 2.75) is 51.0 Å². The molecule has 2 aromatic rings. The van der Waals surface area contributed by atoms with Crippen molar-refractivity contribution in [2.75, 3.05) is 13.2 Å². The first-order valence-corrected chi connectivity index (χ1v) is 12.1. The first-order valence-electron chi connectivity index (χ1n) is 12.1. The van der Waals surface area contributed by atoms with Gasteiger partial charge in [-0.25, -0.2) is 4.79 Å². The van der Waals surface area contributed by atoms with Crippen LogP contribution in [0, 0.1) is 5.92 Å². The fraction of sp³-hybridized carbons (Fsp3) is 0.393. The highest BCUT2D eigenvalue weighted by Gasteiger charge is 2.29. The van der Waals surface area contributed by atoms with E-state index in [0.717, 1.165) is 22.3 Å². The first-order chi connectivity index (χ1) is 16.9. The second-order valence-corrected chi connectivity index (χ2v) is 9.01. The minimum absolute atomic E-state index is 0.0547. The van der Waals surface area contributed by atoms with E-state index in [1.165, 1.54) is 0 Å². The van der Waals surface area contributed by atoms with Gasteiger partial charge in [0, 0.05) is 18.9 Å². The van der Waals surface area contributed by atoms with E-state index >= 15 is 0 Å². The average Bonchev–Trinajstić information content (AvgIpc) is 3.17. The second-order valence-electron chi connectivity index (χ2n) is 9.01. The molecule has 0 saturated heterocycles. The molecule has 0 spiro atoms. The lowest BCUT2D eigenvalue weighted by atomic mass is 9.98. The Balaban J connectivity index is 1.53. The molecule has 3 rings (SSSR count). The largest absolute Gasteiger partial charge is 0.481 e. The number of carboxylic acids is 1. The first kappa shape index (κ1) is 26.0. The maximum atomic E-state index is 12.7. The Morgan fingerprint density at radius 3 is 2.26 bits per heavy atom. The van der Waals surface area contributed by atoms with Gasteiger partial charge < -0.3 is 20.5 Å². The third-order valence-corrected chi connectivity index (χ3v) is 6.40. The molecule has 0 aliphatic heterocycles. The summed E-state index contributed by atoms with van der Waals surface area (Å²) in [5.41, 5.74) is 4.55. The van der Waals surface area contributed by atoms with Gasteiger partial charge in [0.05, 0.1) is 0 Å². The number of nitrogens with one attached hydrogen (secondary N) is 2. The highest BCUT2D eigenvalue weighted by atomic mass is 16.5. The number of rotatable bonds is 13. The molecule has 2 aromatic carbocycles. The van der Waals surface area contributed by atoms with Crippen molar-refractivity contribution in [1.29, 1.82) is 0 Å². The predicted molar refractivity (Wildman–Crippen MR) is 135 cm³/mol. The Bertz CT molecular complexity index is 1010. The molecular weight excluding hydrogens is 444 g/mol. The number of benzene rings is 2. The van der Waals surface area contributed by atoms with Crippen molar-refractivity contribution < 1.29 is 24.2 Å². The number of carbonyl (C=O) groups excluding carboxylic acids is 2. The van der Waals surface area contributed by atoms with Crippen LogP contribution in [0.1, 0.15) is 56.1 Å². The van der Waals surface area contributed by atoms with Crippen molar-refractivity contribution in [3.8, 4) is 11.1 Å². The Labute approximate surface area is 206 Å². The number of hydrogen-bond donors (Lipinski definition) is 3. The molecule has 0 bridgehead atoms. The van der Waals surface area contributed by atoms with Crippen LogP contribution in [0.3, 0.4) is 0 Å². The molecule has 35 heavy (non-hydrogen) atoms. The zero-order valence-electron chi connectivity index (χ0n) is 20.2. The number of fused-ring (bicyclic) bond motifs is 3. The molecule has 0 fully saturated rings. The summed E-state index contributed by atoms with van der Waals surface area (Å²) >= 11 is 0. The van der Waals surface area contributed by atoms with Gasteiger partial charge in [-0.3, -0.25) is 9.59 Å². The third kappa shape index (κ3) is 7.18. The lowest BCUT2D eigenvalue weighted by molar-refractivity contribution is -0.137. The van der Waals surface area contributed by atoms with E-state index in [4.69, 9.17) is 9.84 Å². The minimum Gasteiger partial charge on any atom is -0.481 e. The van der Waals surface area contributed by atoms with Crippen LogP contribution in [0.15, 0.2) is 61.2 Å². The molecule has 7 heteroatoms. The molecule has 1 aliphatic rings. The average molecular weight is 479 g/mol. The van der Waals surface area contributed by atoms with Crippen molar-refractivity contribution in [3.63, 3.8) is 0 Å². The van der Waals surface area contributed by atoms with E-state index in [2.05, 4.69) is 41.5 Å². The Morgan fingerprint density at radius 2 is 1.66 bits per heavy atom. The number of amides is 2. The van der Waals surface area contributed by atoms with E-state index in [1.807, 2.05) is 31.2 Å². The summed E-state index contributed by atoms with van der Waals surface area (Å²) in [5.74, 6) is -0.988. The van der Waals surface area contributed by atoms with Crippen molar-refractivity contribution in [2.24, 2.45) is 5.92 Å². The van der Waals surface area contributed by atoms with Crippen LogP contribution < -0.4 is 10.6 Å². The highest BCUT2D eigenvalue weighted by molar-refractivity contribution is 5.85. The van der Waals surface area contributed by atoms with Crippen LogP contribution >= 0.6 is 0 Å². The summed E-state index contributed by atoms with van der Waals surface area (Å²) in [6.45, 7) is 6.25. The molecule has 3 N–H and O–H groups in total. The number of carboxylic acid groups (broad SMARTS) is 1. The number of allylic oxidation sites excluding steroid dienone is 1. The quantitative estimate of drug-likeness (QED) is 0.356. The van der Waals surface area contributed by atoms with E-state index in [0.29, 0.717) is 32.2 Å². The van der Waals surface area contributed by atoms with Gasteiger partial charge in [0.15, 0.2) is 0 Å². The van der Waals surface area contributed by atoms with Crippen LogP contribution in [0.2, 0.25) is 0 Å². The smallest absolute Gasteiger partial charge is 0.407 e. The summed E-state index contributed by atoms with van der Waals surface area (Å²) in [6, 6.07) is 15.5. The van der Waals surface area contributed by atoms with E-state index in [1.54, 1.807) is 6.08 Å². The number of ether oxygens (including phenoxy) is 1. The van der Waals surface area contributed by atoms with Crippen molar-refractivity contribution >= 4 is 18.0 Å². The summed E-state index contributed by atoms with van der Waals surface area (Å²) < 4.78 is 5.59. The minimum atomic E-state index is -0.822. The standard InChI is InChI=1S/C28H34N2O5/c1-3-4-13-25(27(33)29-17-16-19(2)14-15-26(31)32)30-28(34)35-18-24-22-11-7-5-9-20(22)21-10-6-8-12-23(21)24/h3,5-12,19,24-25H,1,4,13-18H2,2H3,(H,29,33)(H,30,34)(H,31,32). The number of hydrogen-bond acceptors (Lipinski definition) is 4. The molecule has 2 atom stereocenters. The van der Waals surface area contributed by atoms with Gasteiger partial charge in [0.2, 0.25) is 5.91 Å². The van der Waals surface area contributed by atoms with Crippen LogP contribution in [-0.2, 0) is 14.3 Å². The van der Waals surface area contributed by atoms with Gasteiger partial charge >= 0.3 is 12.1 Å². The van der Waals surface area contributed by atoms with Gasteiger partial charge in [-0.2, -0.15) is 0 Å². The van der Waals surface area contributed by atoms with E-state index in [-0.39, 0.29) is 30.8 Å². The molecule has 0 saturated carbocycles. The lowest BCUT2D eigenvalue weighted by Gasteiger charge is -2.20. The maximum Gasteiger partial charge on any atom is 0.407 e. The maximum absolute atomic E-state index is 12.7. The van der Waals surface area contributed by atoms with Crippen LogP contribution in [0.4, 0.5) is 4.79 Å². The zero-order chi connectivity index (χ0) is 25.2. The number of carbonyl (C=O) groups is 3. The molecule has 2 amide bonds. The highest BCUT2D eigenvalue weighted by Crippen LogP contribution is 2.44. The Hall–Kier alpha value is -3.61. The number of alkyl carbamates (subject to hydrolysis) is 1. The monoisotopic (exact) mass is 478 g/mol. The SMILES string of the molecule is C=CCCC(NC(=O)OCC1c2ccccc2-c2ccccc21)C(=O)NCCC(C)CCC(=O)O. The van der Waals surface area contributed by atoms with Crippen molar-refractivity contribution in [1.82, 2.24) is 10.6 Å². The molecule has 7 nitrogen and oxygen atoms in total. The van der Waals surface area contributed by atoms with Crippen LogP contribution in [0.5, 0.6) is 0 Å². The van der Waals surface area contributed by atoms with Gasteiger partial charge in [-0.1, -0.05) is 61.5 Å². The third-order valence-electron chi connectivity index (χ3n) is 6.40. The van der Waals surface area contributed by atoms with Crippen LogP contribution in [0.25, 0.3) is 11.1 Å². The van der Waals surface area contributed by atoms with Gasteiger partial charge in [-0.15, -0.1) is 6.58 Å². The molecular formula is C28H34N2O5. The van der Waals surface area contributed by atoms with Crippen LogP contribution in [-0.4, -0.2) is 42.3 Å². The summed E-state index contributed by atoms with van der Waals surface area (Å²) in [7, 11) is 0. The summed E-state index contributed by atoms with van der Waals surface area (Å²) in [5, 5.41) is 14.3. The topological polar surface area (TPSA) is 105 Å². The lowest BCUT2D eigenvalue weighted by Crippen LogP contribution is -2.47. The molecule has 0 heterocycles. The summed E-state index contributed by atoms with van der Waals surface area (Å²) in [4.78, 5) is 36.1. The normalized spacial score (nSPS) is 13.7. The van der Waals surface area contributed by atoms with E-state index in [9.17, 15) is 14.4 Å². The fourth-order valence-corrected chi connectivity index (χ4v) is 4.41. The van der Waals surface area contributed by atoms with Gasteiger partial charge in [0.25, 0.3) is 0 Å². The summed E-state index contributed by atoms with van der Waals surface area (Å²) in [6.07, 6.45) is 3.38. The predicted octanol–water partition coefficient (Wildman–Crippen LogP) is 4.87. The second kappa shape index (κ2) is 12.7. The molecule has 0 aromatic heterocycles. The van der Waals surface area contributed by atoms with Gasteiger partial charge in [0.1, 0.15) is 12.6 Å². The number of aliphatic carboxylic acids is 1. The molecule has 2 unspecified atom stereocenters. The Kier molecular flexibility index (Phi) is 9.47. The zero-order valence-corrected chi connectivity index (χ0v) is 20.2. The fourth-order valence-electron chi connectivity index (χ4n) is 4.41. The Morgan fingerprint density at radius 1 is 1.03 bits per heavy atom. The molecule has 0 radical (unpaired) electrons.